The summed E-state index contributed by atoms with van der Waals surface area (Å²) < 4.78 is 0.908. The second kappa shape index (κ2) is 7.04. The number of carbonyl (C=O) groups is 2. The average molecular weight is 409 g/mol. The number of hydrogen-bond donors (Lipinski definition) is 3. The molecule has 5 nitrogen and oxygen atoms in total. The molecule has 2 aromatic rings. The summed E-state index contributed by atoms with van der Waals surface area (Å²) in [4.78, 5) is 27.0. The number of benzene rings is 1. The van der Waals surface area contributed by atoms with Gasteiger partial charge in [0.2, 0.25) is 0 Å². The predicted molar refractivity (Wildman–Crippen MR) is 98.7 cm³/mol. The SMILES string of the molecule is CC[NH+]1CCc2c(sc(NC(=O)c3ccc(Br)cc3)c2C(N)=O)C1. The van der Waals surface area contributed by atoms with E-state index in [2.05, 4.69) is 28.2 Å². The number of amides is 2. The van der Waals surface area contributed by atoms with E-state index in [0.717, 1.165) is 41.0 Å². The number of nitrogens with two attached hydrogens (primary N) is 1. The fraction of sp³-hybridized carbons (Fsp3) is 0.294. The van der Waals surface area contributed by atoms with Crippen LogP contribution in [0.1, 0.15) is 38.1 Å². The first-order valence-corrected chi connectivity index (χ1v) is 9.45. The normalized spacial score (nSPS) is 16.5. The van der Waals surface area contributed by atoms with Gasteiger partial charge in [0.05, 0.1) is 23.5 Å². The van der Waals surface area contributed by atoms with Crippen LogP contribution in [0.4, 0.5) is 5.00 Å². The number of nitrogens with one attached hydrogen (secondary N) is 2. The lowest BCUT2D eigenvalue weighted by Gasteiger charge is -2.22. The molecule has 24 heavy (non-hydrogen) atoms. The van der Waals surface area contributed by atoms with Gasteiger partial charge in [-0.25, -0.2) is 0 Å². The number of thiophene rings is 1. The van der Waals surface area contributed by atoms with E-state index in [9.17, 15) is 9.59 Å². The summed E-state index contributed by atoms with van der Waals surface area (Å²) in [5, 5.41) is 3.44. The number of primary amides is 1. The van der Waals surface area contributed by atoms with Gasteiger partial charge in [0.15, 0.2) is 0 Å². The molecule has 1 aromatic carbocycles. The number of quaternary nitrogens is 1. The van der Waals surface area contributed by atoms with Gasteiger partial charge >= 0.3 is 0 Å². The number of likely N-dealkylation sites (N-methyl/N-ethyl adjacent to an activating group) is 1. The summed E-state index contributed by atoms with van der Waals surface area (Å²) >= 11 is 4.82. The molecule has 0 fully saturated rings. The first-order chi connectivity index (χ1) is 11.5. The van der Waals surface area contributed by atoms with Crippen LogP contribution in [0.5, 0.6) is 0 Å². The molecule has 0 saturated heterocycles. The van der Waals surface area contributed by atoms with Gasteiger partial charge in [-0.05, 0) is 36.8 Å². The second-order valence-corrected chi connectivity index (χ2v) is 7.83. The van der Waals surface area contributed by atoms with Gasteiger partial charge in [0, 0.05) is 16.5 Å². The summed E-state index contributed by atoms with van der Waals surface area (Å²) in [5.74, 6) is -0.707. The largest absolute Gasteiger partial charge is 0.365 e. The highest BCUT2D eigenvalue weighted by Crippen LogP contribution is 2.34. The van der Waals surface area contributed by atoms with Crippen LogP contribution in [-0.4, -0.2) is 24.9 Å². The van der Waals surface area contributed by atoms with E-state index in [-0.39, 0.29) is 5.91 Å². The van der Waals surface area contributed by atoms with Crippen molar-refractivity contribution in [3.05, 3.63) is 50.3 Å². The topological polar surface area (TPSA) is 76.6 Å². The fourth-order valence-corrected chi connectivity index (χ4v) is 4.55. The Morgan fingerprint density at radius 3 is 2.67 bits per heavy atom. The molecule has 1 aliphatic heterocycles. The standard InChI is InChI=1S/C17H18BrN3O2S/c1-2-21-8-7-12-13(9-21)24-17(14(12)15(19)22)20-16(23)10-3-5-11(18)6-4-10/h3-6H,2,7-9H2,1H3,(H2,19,22)(H,20,23)/p+1. The quantitative estimate of drug-likeness (QED) is 0.721. The molecule has 0 bridgehead atoms. The van der Waals surface area contributed by atoms with Gasteiger partial charge < -0.3 is 16.0 Å². The molecule has 0 radical (unpaired) electrons. The number of halogens is 1. The number of hydrogen-bond acceptors (Lipinski definition) is 3. The lowest BCUT2D eigenvalue weighted by atomic mass is 10.0. The van der Waals surface area contributed by atoms with Crippen molar-refractivity contribution in [2.45, 2.75) is 19.9 Å². The van der Waals surface area contributed by atoms with Crippen molar-refractivity contribution < 1.29 is 14.5 Å². The maximum absolute atomic E-state index is 12.5. The maximum atomic E-state index is 12.5. The smallest absolute Gasteiger partial charge is 0.256 e. The first-order valence-electron chi connectivity index (χ1n) is 7.84. The van der Waals surface area contributed by atoms with Crippen molar-refractivity contribution in [1.82, 2.24) is 0 Å². The second-order valence-electron chi connectivity index (χ2n) is 5.81. The zero-order chi connectivity index (χ0) is 17.3. The van der Waals surface area contributed by atoms with Crippen molar-refractivity contribution in [3.8, 4) is 0 Å². The van der Waals surface area contributed by atoms with Gasteiger partial charge in [0.25, 0.3) is 11.8 Å². The Bertz CT molecular complexity index is 786. The summed E-state index contributed by atoms with van der Waals surface area (Å²) in [6.07, 6.45) is 0.821. The molecular weight excluding hydrogens is 390 g/mol. The van der Waals surface area contributed by atoms with Gasteiger partial charge in [-0.15, -0.1) is 11.3 Å². The predicted octanol–water partition coefficient (Wildman–Crippen LogP) is 1.82. The van der Waals surface area contributed by atoms with Crippen LogP contribution in [-0.2, 0) is 13.0 Å². The van der Waals surface area contributed by atoms with Crippen LogP contribution in [0.25, 0.3) is 0 Å². The highest BCUT2D eigenvalue weighted by Gasteiger charge is 2.29. The molecule has 3 rings (SSSR count). The van der Waals surface area contributed by atoms with Crippen molar-refractivity contribution in [2.75, 3.05) is 18.4 Å². The third-order valence-electron chi connectivity index (χ3n) is 4.31. The van der Waals surface area contributed by atoms with Gasteiger partial charge in [0.1, 0.15) is 11.5 Å². The molecule has 1 aromatic heterocycles. The Hall–Kier alpha value is -1.70. The Labute approximate surface area is 153 Å². The van der Waals surface area contributed by atoms with Crippen molar-refractivity contribution in [2.24, 2.45) is 5.73 Å². The molecule has 126 valence electrons. The zero-order valence-corrected chi connectivity index (χ0v) is 15.7. The molecule has 1 atom stereocenters. The minimum atomic E-state index is -0.474. The Balaban J connectivity index is 1.90. The summed E-state index contributed by atoms with van der Waals surface area (Å²) in [5.41, 5.74) is 7.62. The third kappa shape index (κ3) is 3.38. The zero-order valence-electron chi connectivity index (χ0n) is 13.3. The molecular formula is C17H19BrN3O2S+. The van der Waals surface area contributed by atoms with Gasteiger partial charge in [-0.3, -0.25) is 9.59 Å². The minimum absolute atomic E-state index is 0.233. The monoisotopic (exact) mass is 408 g/mol. The van der Waals surface area contributed by atoms with E-state index in [1.54, 1.807) is 12.1 Å². The van der Waals surface area contributed by atoms with E-state index in [1.807, 2.05) is 12.1 Å². The van der Waals surface area contributed by atoms with Crippen LogP contribution < -0.4 is 16.0 Å². The molecule has 4 N–H and O–H groups in total. The molecule has 2 amide bonds. The third-order valence-corrected chi connectivity index (χ3v) is 5.99. The summed E-state index contributed by atoms with van der Waals surface area (Å²) in [7, 11) is 0. The first kappa shape index (κ1) is 17.1. The molecule has 1 aliphatic rings. The van der Waals surface area contributed by atoms with E-state index in [0.29, 0.717) is 16.1 Å². The van der Waals surface area contributed by atoms with E-state index >= 15 is 0 Å². The highest BCUT2D eigenvalue weighted by atomic mass is 79.9. The molecule has 0 aliphatic carbocycles. The van der Waals surface area contributed by atoms with Crippen molar-refractivity contribution in [3.63, 3.8) is 0 Å². The molecule has 2 heterocycles. The highest BCUT2D eigenvalue weighted by molar-refractivity contribution is 9.10. The Morgan fingerprint density at radius 2 is 2.04 bits per heavy atom. The lowest BCUT2D eigenvalue weighted by molar-refractivity contribution is -0.913. The lowest BCUT2D eigenvalue weighted by Crippen LogP contribution is -3.11. The number of anilines is 1. The fourth-order valence-electron chi connectivity index (χ4n) is 2.96. The molecule has 0 saturated carbocycles. The van der Waals surface area contributed by atoms with Crippen LogP contribution in [0, 0.1) is 0 Å². The summed E-state index contributed by atoms with van der Waals surface area (Å²) in [6, 6.07) is 7.09. The summed E-state index contributed by atoms with van der Waals surface area (Å²) in [6.45, 7) is 5.06. The Kier molecular flexibility index (Phi) is 5.03. The van der Waals surface area contributed by atoms with Gasteiger partial charge in [-0.2, -0.15) is 0 Å². The molecule has 1 unspecified atom stereocenters. The van der Waals surface area contributed by atoms with Crippen LogP contribution >= 0.6 is 27.3 Å². The number of fused-ring (bicyclic) bond motifs is 1. The van der Waals surface area contributed by atoms with Crippen molar-refractivity contribution in [1.29, 1.82) is 0 Å². The van der Waals surface area contributed by atoms with E-state index < -0.39 is 5.91 Å². The van der Waals surface area contributed by atoms with Crippen LogP contribution in [0.15, 0.2) is 28.7 Å². The number of rotatable bonds is 4. The molecule has 7 heteroatoms. The minimum Gasteiger partial charge on any atom is -0.365 e. The van der Waals surface area contributed by atoms with E-state index in [4.69, 9.17) is 5.73 Å². The number of carbonyl (C=O) groups excluding carboxylic acids is 2. The van der Waals surface area contributed by atoms with Crippen molar-refractivity contribution >= 4 is 44.1 Å². The van der Waals surface area contributed by atoms with Gasteiger partial charge in [-0.1, -0.05) is 15.9 Å². The average Bonchev–Trinajstić information content (AvgIpc) is 2.92. The molecule has 0 spiro atoms. The van der Waals surface area contributed by atoms with Crippen LogP contribution in [0.2, 0.25) is 0 Å². The van der Waals surface area contributed by atoms with Crippen LogP contribution in [0.3, 0.4) is 0 Å². The Morgan fingerprint density at radius 1 is 1.33 bits per heavy atom. The maximum Gasteiger partial charge on any atom is 0.256 e. The van der Waals surface area contributed by atoms with E-state index in [1.165, 1.54) is 16.2 Å².